The number of hydrogen-bond acceptors (Lipinski definition) is 5. The van der Waals surface area contributed by atoms with Gasteiger partial charge in [0.05, 0.1) is 24.1 Å². The van der Waals surface area contributed by atoms with E-state index in [4.69, 9.17) is 16.3 Å². The van der Waals surface area contributed by atoms with Gasteiger partial charge in [0.1, 0.15) is 11.9 Å². The fourth-order valence-corrected chi connectivity index (χ4v) is 4.31. The number of hydrogen-bond donors (Lipinski definition) is 1. The predicted octanol–water partition coefficient (Wildman–Crippen LogP) is 3.89. The number of aryl methyl sites for hydroxylation is 2. The van der Waals surface area contributed by atoms with Gasteiger partial charge in [0.15, 0.2) is 5.69 Å². The van der Waals surface area contributed by atoms with Crippen molar-refractivity contribution in [2.45, 2.75) is 13.0 Å². The van der Waals surface area contributed by atoms with E-state index >= 15 is 0 Å². The standard InChI is InChI=1S/C24H20ClN5O3/c1-13-11-16(12-29(2)23(13)31)30-20(14-6-8-15(25)9-7-14)18-19(24(30)32)28-21(27-18)17-5-4-10-26-22(17)33-3/h4-12,20H,1-3H3,(H,27,28)/t20-/m1/s1. The number of aromatic nitrogens is 4. The van der Waals surface area contributed by atoms with E-state index in [1.54, 1.807) is 55.5 Å². The van der Waals surface area contributed by atoms with Crippen LogP contribution in [0.5, 0.6) is 5.88 Å². The maximum atomic E-state index is 13.6. The predicted molar refractivity (Wildman–Crippen MR) is 125 cm³/mol. The number of anilines is 1. The van der Waals surface area contributed by atoms with E-state index in [0.29, 0.717) is 44.9 Å². The van der Waals surface area contributed by atoms with Crippen molar-refractivity contribution in [3.63, 3.8) is 0 Å². The largest absolute Gasteiger partial charge is 0.480 e. The molecule has 1 atom stereocenters. The highest BCUT2D eigenvalue weighted by Gasteiger charge is 2.42. The minimum Gasteiger partial charge on any atom is -0.480 e. The second-order valence-corrected chi connectivity index (χ2v) is 8.27. The SMILES string of the molecule is COc1ncccc1-c1nc2c([nH]1)[C@@H](c1ccc(Cl)cc1)N(c1cc(C)c(=O)n(C)c1)C2=O. The van der Waals surface area contributed by atoms with Gasteiger partial charge in [0, 0.05) is 30.0 Å². The van der Waals surface area contributed by atoms with Gasteiger partial charge in [-0.05, 0) is 42.8 Å². The van der Waals surface area contributed by atoms with Crippen LogP contribution in [0.2, 0.25) is 5.02 Å². The Morgan fingerprint density at radius 1 is 1.15 bits per heavy atom. The Hall–Kier alpha value is -3.91. The first kappa shape index (κ1) is 21.0. The number of aromatic amines is 1. The highest BCUT2D eigenvalue weighted by atomic mass is 35.5. The van der Waals surface area contributed by atoms with Crippen molar-refractivity contribution in [3.8, 4) is 17.3 Å². The van der Waals surface area contributed by atoms with E-state index < -0.39 is 6.04 Å². The van der Waals surface area contributed by atoms with Crippen molar-refractivity contribution < 1.29 is 9.53 Å². The highest BCUT2D eigenvalue weighted by Crippen LogP contribution is 2.42. The van der Waals surface area contributed by atoms with Gasteiger partial charge in [-0.15, -0.1) is 0 Å². The Kier molecular flexibility index (Phi) is 5.02. The summed E-state index contributed by atoms with van der Waals surface area (Å²) >= 11 is 6.12. The van der Waals surface area contributed by atoms with E-state index in [2.05, 4.69) is 15.0 Å². The van der Waals surface area contributed by atoms with Crippen LogP contribution in [0, 0.1) is 6.92 Å². The number of fused-ring (bicyclic) bond motifs is 1. The molecule has 33 heavy (non-hydrogen) atoms. The first-order chi connectivity index (χ1) is 15.9. The molecule has 0 unspecified atom stereocenters. The van der Waals surface area contributed by atoms with Crippen LogP contribution >= 0.6 is 11.6 Å². The molecule has 1 amide bonds. The zero-order chi connectivity index (χ0) is 23.3. The fraction of sp³-hybridized carbons (Fsp3) is 0.167. The second-order valence-electron chi connectivity index (χ2n) is 7.83. The minimum atomic E-state index is -0.481. The van der Waals surface area contributed by atoms with Gasteiger partial charge in [0.25, 0.3) is 11.5 Å². The van der Waals surface area contributed by atoms with E-state index in [-0.39, 0.29) is 11.5 Å². The number of carbonyl (C=O) groups is 1. The first-order valence-corrected chi connectivity index (χ1v) is 10.6. The molecule has 0 saturated heterocycles. The van der Waals surface area contributed by atoms with Crippen molar-refractivity contribution >= 4 is 23.2 Å². The number of methoxy groups -OCH3 is 1. The highest BCUT2D eigenvalue weighted by molar-refractivity contribution is 6.30. The monoisotopic (exact) mass is 461 g/mol. The van der Waals surface area contributed by atoms with Gasteiger partial charge in [-0.2, -0.15) is 0 Å². The summed E-state index contributed by atoms with van der Waals surface area (Å²) in [4.78, 5) is 39.7. The topological polar surface area (TPSA) is 93.1 Å². The number of ether oxygens (including phenoxy) is 1. The maximum absolute atomic E-state index is 13.6. The van der Waals surface area contributed by atoms with Crippen LogP contribution in [-0.2, 0) is 7.05 Å². The third-order valence-corrected chi connectivity index (χ3v) is 5.97. The first-order valence-electron chi connectivity index (χ1n) is 10.2. The Bertz CT molecular complexity index is 1420. The maximum Gasteiger partial charge on any atom is 0.279 e. The quantitative estimate of drug-likeness (QED) is 0.497. The molecule has 9 heteroatoms. The van der Waals surface area contributed by atoms with Crippen LogP contribution in [0.15, 0.2) is 59.7 Å². The lowest BCUT2D eigenvalue weighted by Crippen LogP contribution is -2.31. The number of rotatable bonds is 4. The average Bonchev–Trinajstić information content (AvgIpc) is 3.36. The van der Waals surface area contributed by atoms with Crippen LogP contribution in [0.3, 0.4) is 0 Å². The summed E-state index contributed by atoms with van der Waals surface area (Å²) in [7, 11) is 3.20. The van der Waals surface area contributed by atoms with Crippen molar-refractivity contribution in [3.05, 3.63) is 92.7 Å². The van der Waals surface area contributed by atoms with Gasteiger partial charge in [-0.1, -0.05) is 23.7 Å². The molecule has 1 aliphatic heterocycles. The smallest absolute Gasteiger partial charge is 0.279 e. The molecule has 0 aliphatic carbocycles. The van der Waals surface area contributed by atoms with Gasteiger partial charge in [0.2, 0.25) is 5.88 Å². The number of amides is 1. The third-order valence-electron chi connectivity index (χ3n) is 5.72. The lowest BCUT2D eigenvalue weighted by atomic mass is 10.0. The van der Waals surface area contributed by atoms with Gasteiger partial charge in [-0.3, -0.25) is 14.5 Å². The van der Waals surface area contributed by atoms with Crippen molar-refractivity contribution in [1.29, 1.82) is 0 Å². The molecule has 0 saturated carbocycles. The Balaban J connectivity index is 1.69. The molecule has 0 spiro atoms. The van der Waals surface area contributed by atoms with Crippen LogP contribution in [0.1, 0.15) is 33.4 Å². The summed E-state index contributed by atoms with van der Waals surface area (Å²) in [6, 6.07) is 12.2. The Labute approximate surface area is 194 Å². The number of imidazole rings is 1. The summed E-state index contributed by atoms with van der Waals surface area (Å²) < 4.78 is 6.84. The number of nitrogens with zero attached hydrogens (tertiary/aromatic N) is 4. The number of nitrogens with one attached hydrogen (secondary N) is 1. The Morgan fingerprint density at radius 2 is 1.91 bits per heavy atom. The summed E-state index contributed by atoms with van der Waals surface area (Å²) in [5, 5.41) is 0.596. The average molecular weight is 462 g/mol. The lowest BCUT2D eigenvalue weighted by molar-refractivity contribution is 0.0989. The van der Waals surface area contributed by atoms with Crippen molar-refractivity contribution in [2.24, 2.45) is 7.05 Å². The molecule has 0 bridgehead atoms. The molecule has 3 aromatic heterocycles. The summed E-state index contributed by atoms with van der Waals surface area (Å²) in [6.07, 6.45) is 3.29. The molecule has 1 N–H and O–H groups in total. The number of carbonyl (C=O) groups excluding carboxylic acids is 1. The molecule has 0 radical (unpaired) electrons. The fourth-order valence-electron chi connectivity index (χ4n) is 4.18. The summed E-state index contributed by atoms with van der Waals surface area (Å²) in [6.45, 7) is 1.73. The van der Waals surface area contributed by atoms with E-state index in [0.717, 1.165) is 5.56 Å². The normalized spacial score (nSPS) is 15.1. The van der Waals surface area contributed by atoms with Crippen LogP contribution in [-0.4, -0.2) is 32.5 Å². The van der Waals surface area contributed by atoms with Gasteiger partial charge < -0.3 is 14.3 Å². The van der Waals surface area contributed by atoms with E-state index in [1.807, 2.05) is 18.2 Å². The summed E-state index contributed by atoms with van der Waals surface area (Å²) in [5.74, 6) is 0.632. The lowest BCUT2D eigenvalue weighted by Gasteiger charge is -2.26. The van der Waals surface area contributed by atoms with Gasteiger partial charge in [-0.25, -0.2) is 9.97 Å². The molecule has 4 aromatic rings. The van der Waals surface area contributed by atoms with Gasteiger partial charge >= 0.3 is 0 Å². The number of halogens is 1. The molecule has 8 nitrogen and oxygen atoms in total. The minimum absolute atomic E-state index is 0.115. The number of benzene rings is 1. The molecule has 0 fully saturated rings. The number of pyridine rings is 2. The number of H-pyrrole nitrogens is 1. The van der Waals surface area contributed by atoms with E-state index in [1.165, 1.54) is 11.7 Å². The second kappa shape index (κ2) is 7.90. The van der Waals surface area contributed by atoms with E-state index in [9.17, 15) is 9.59 Å². The van der Waals surface area contributed by atoms with Crippen LogP contribution in [0.4, 0.5) is 5.69 Å². The molecule has 166 valence electrons. The Morgan fingerprint density at radius 3 is 2.61 bits per heavy atom. The molecule has 4 heterocycles. The summed E-state index contributed by atoms with van der Waals surface area (Å²) in [5.41, 5.74) is 3.49. The third kappa shape index (κ3) is 3.39. The molecular weight excluding hydrogens is 442 g/mol. The molecule has 1 aliphatic rings. The van der Waals surface area contributed by atoms with Crippen molar-refractivity contribution in [2.75, 3.05) is 12.0 Å². The zero-order valence-corrected chi connectivity index (χ0v) is 18.9. The molecular formula is C24H20ClN5O3. The molecule has 5 rings (SSSR count). The van der Waals surface area contributed by atoms with Crippen LogP contribution in [0.25, 0.3) is 11.4 Å². The van der Waals surface area contributed by atoms with Crippen molar-refractivity contribution in [1.82, 2.24) is 19.5 Å². The van der Waals surface area contributed by atoms with Crippen LogP contribution < -0.4 is 15.2 Å². The molecule has 1 aromatic carbocycles. The zero-order valence-electron chi connectivity index (χ0n) is 18.2.